The van der Waals surface area contributed by atoms with Gasteiger partial charge >= 0.3 is 24.1 Å². The van der Waals surface area contributed by atoms with E-state index in [4.69, 9.17) is 29.4 Å². The van der Waals surface area contributed by atoms with E-state index < -0.39 is 40.4 Å². The molecule has 0 unspecified atom stereocenters. The fourth-order valence-electron chi connectivity index (χ4n) is 3.03. The second-order valence-corrected chi connectivity index (χ2v) is 11.3. The fourth-order valence-corrected chi connectivity index (χ4v) is 3.03. The first-order chi connectivity index (χ1) is 17.5. The van der Waals surface area contributed by atoms with Crippen molar-refractivity contribution in [1.29, 1.82) is 0 Å². The zero-order valence-corrected chi connectivity index (χ0v) is 23.9. The van der Waals surface area contributed by atoms with E-state index in [1.807, 2.05) is 6.92 Å². The van der Waals surface area contributed by atoms with Crippen molar-refractivity contribution in [3.05, 3.63) is 23.8 Å². The van der Waals surface area contributed by atoms with Crippen molar-refractivity contribution in [2.45, 2.75) is 86.1 Å². The van der Waals surface area contributed by atoms with Gasteiger partial charge in [-0.25, -0.2) is 4.79 Å². The fraction of sp³-hybridized carbons (Fsp3) is 0.643. The minimum atomic E-state index is -1.56. The molecule has 1 aromatic carbocycles. The van der Waals surface area contributed by atoms with Gasteiger partial charge in [-0.3, -0.25) is 14.4 Å². The van der Waals surface area contributed by atoms with Crippen LogP contribution in [0, 0.1) is 10.8 Å². The number of ether oxygens (including phenoxy) is 5. The molecule has 0 heterocycles. The summed E-state index contributed by atoms with van der Waals surface area (Å²) >= 11 is 0. The van der Waals surface area contributed by atoms with Gasteiger partial charge < -0.3 is 29.4 Å². The largest absolute Gasteiger partial charge is 0.508 e. The molecule has 0 amide bonds. The maximum Gasteiger partial charge on any atom is 0.508 e. The van der Waals surface area contributed by atoms with Gasteiger partial charge in [0, 0.05) is 12.8 Å². The van der Waals surface area contributed by atoms with Gasteiger partial charge in [0.2, 0.25) is 0 Å². The highest BCUT2D eigenvalue weighted by molar-refractivity contribution is 5.82. The minimum absolute atomic E-state index is 0.0131. The van der Waals surface area contributed by atoms with E-state index in [1.165, 1.54) is 19.2 Å². The van der Waals surface area contributed by atoms with Crippen LogP contribution in [-0.4, -0.2) is 49.9 Å². The molecule has 0 aliphatic heterocycles. The van der Waals surface area contributed by atoms with Crippen molar-refractivity contribution >= 4 is 24.1 Å². The lowest BCUT2D eigenvalue weighted by molar-refractivity contribution is -0.148. The van der Waals surface area contributed by atoms with E-state index >= 15 is 0 Å². The van der Waals surface area contributed by atoms with Crippen LogP contribution >= 0.6 is 0 Å². The molecule has 0 aliphatic carbocycles. The normalized spacial score (nSPS) is 13.2. The number of methoxy groups -OCH3 is 1. The molecule has 0 aromatic heterocycles. The zero-order chi connectivity index (χ0) is 29.1. The van der Waals surface area contributed by atoms with Crippen LogP contribution in [0.25, 0.3) is 0 Å². The number of carbonyl (C=O) groups is 4. The van der Waals surface area contributed by atoms with Gasteiger partial charge in [0.1, 0.15) is 5.54 Å². The third kappa shape index (κ3) is 10.7. The summed E-state index contributed by atoms with van der Waals surface area (Å²) in [5.74, 6) is -1.70. The summed E-state index contributed by atoms with van der Waals surface area (Å²) in [6.07, 6.45) is 1.73. The Morgan fingerprint density at radius 1 is 0.789 bits per heavy atom. The summed E-state index contributed by atoms with van der Waals surface area (Å²) in [5, 5.41) is 0. The molecule has 0 bridgehead atoms. The molecule has 0 saturated carbocycles. The Morgan fingerprint density at radius 3 is 1.87 bits per heavy atom. The first-order valence-electron chi connectivity index (χ1n) is 12.8. The molecule has 10 heteroatoms. The summed E-state index contributed by atoms with van der Waals surface area (Å²) in [5.41, 5.74) is 3.73. The number of carbonyl (C=O) groups excluding carboxylic acids is 4. The topological polar surface area (TPSA) is 140 Å². The average molecular weight is 538 g/mol. The maximum absolute atomic E-state index is 12.6. The van der Waals surface area contributed by atoms with Gasteiger partial charge in [0.15, 0.2) is 11.5 Å². The summed E-state index contributed by atoms with van der Waals surface area (Å²) in [7, 11) is 1.21. The highest BCUT2D eigenvalue weighted by atomic mass is 16.7. The van der Waals surface area contributed by atoms with Gasteiger partial charge in [-0.05, 0) is 65.7 Å². The summed E-state index contributed by atoms with van der Waals surface area (Å²) in [4.78, 5) is 49.5. The van der Waals surface area contributed by atoms with Crippen molar-refractivity contribution < 1.29 is 42.9 Å². The number of nitrogens with two attached hydrogens (primary N) is 1. The lowest BCUT2D eigenvalue weighted by atomic mass is 9.88. The lowest BCUT2D eigenvalue weighted by Crippen LogP contribution is -2.51. The quantitative estimate of drug-likeness (QED) is 0.226. The zero-order valence-electron chi connectivity index (χ0n) is 23.9. The highest BCUT2D eigenvalue weighted by Gasteiger charge is 2.36. The molecule has 1 atom stereocenters. The Morgan fingerprint density at radius 2 is 1.34 bits per heavy atom. The van der Waals surface area contributed by atoms with E-state index in [9.17, 15) is 19.2 Å². The molecule has 10 nitrogen and oxygen atoms in total. The van der Waals surface area contributed by atoms with Gasteiger partial charge in [0.05, 0.1) is 31.2 Å². The third-order valence-corrected chi connectivity index (χ3v) is 5.49. The molecular weight excluding hydrogens is 494 g/mol. The predicted octanol–water partition coefficient (Wildman–Crippen LogP) is 4.74. The average Bonchev–Trinajstić information content (AvgIpc) is 2.81. The Hall–Kier alpha value is -3.14. The number of hydrogen-bond donors (Lipinski definition) is 1. The Kier molecular flexibility index (Phi) is 12.2. The van der Waals surface area contributed by atoms with Gasteiger partial charge in [-0.2, -0.15) is 0 Å². The minimum Gasteiger partial charge on any atom is -0.468 e. The van der Waals surface area contributed by atoms with Crippen molar-refractivity contribution in [1.82, 2.24) is 0 Å². The molecular formula is C28H43NO9. The maximum atomic E-state index is 12.6. The van der Waals surface area contributed by atoms with Crippen LogP contribution in [0.3, 0.4) is 0 Å². The molecule has 214 valence electrons. The first kappa shape index (κ1) is 32.9. The van der Waals surface area contributed by atoms with Crippen LogP contribution in [0.4, 0.5) is 4.79 Å². The Labute approximate surface area is 225 Å². The van der Waals surface area contributed by atoms with Crippen LogP contribution in [0.15, 0.2) is 18.2 Å². The first-order valence-corrected chi connectivity index (χ1v) is 12.8. The molecule has 2 N–H and O–H groups in total. The molecule has 0 radical (unpaired) electrons. The Bertz CT molecular complexity index is 976. The molecule has 38 heavy (non-hydrogen) atoms. The van der Waals surface area contributed by atoms with E-state index in [0.29, 0.717) is 5.56 Å². The summed E-state index contributed by atoms with van der Waals surface area (Å²) in [6.45, 7) is 12.3. The standard InChI is InChI=1S/C28H43NO9/c1-9-10-11-15-35-25(33)36-16-14-28(29,24(32)34-8)18-19-12-13-20(37-22(30)26(2,3)4)21(17-19)38-23(31)27(5,6)7/h12-13,17H,9-11,14-16,18,29H2,1-8H3/t28-/m1/s1. The number of benzene rings is 1. The Balaban J connectivity index is 3.13. The molecule has 0 fully saturated rings. The third-order valence-electron chi connectivity index (χ3n) is 5.49. The molecule has 0 aliphatic rings. The van der Waals surface area contributed by atoms with Gasteiger partial charge in [-0.1, -0.05) is 25.8 Å². The van der Waals surface area contributed by atoms with Crippen LogP contribution in [0.1, 0.15) is 79.7 Å². The molecule has 1 aromatic rings. The van der Waals surface area contributed by atoms with Crippen molar-refractivity contribution in [3.8, 4) is 11.5 Å². The molecule has 0 spiro atoms. The molecule has 0 saturated heterocycles. The van der Waals surface area contributed by atoms with E-state index in [2.05, 4.69) is 0 Å². The van der Waals surface area contributed by atoms with Crippen LogP contribution in [0.5, 0.6) is 11.5 Å². The molecule has 1 rings (SSSR count). The summed E-state index contributed by atoms with van der Waals surface area (Å²) < 4.78 is 26.1. The van der Waals surface area contributed by atoms with E-state index in [0.717, 1.165) is 19.3 Å². The van der Waals surface area contributed by atoms with Crippen LogP contribution < -0.4 is 15.2 Å². The number of rotatable bonds is 12. The number of unbranched alkanes of at least 4 members (excludes halogenated alkanes) is 2. The second-order valence-electron chi connectivity index (χ2n) is 11.3. The number of hydrogen-bond acceptors (Lipinski definition) is 10. The van der Waals surface area contributed by atoms with Crippen molar-refractivity contribution in [2.24, 2.45) is 16.6 Å². The van der Waals surface area contributed by atoms with Crippen molar-refractivity contribution in [2.75, 3.05) is 20.3 Å². The van der Waals surface area contributed by atoms with Crippen LogP contribution in [-0.2, 0) is 35.0 Å². The number of esters is 3. The highest BCUT2D eigenvalue weighted by Crippen LogP contribution is 2.33. The van der Waals surface area contributed by atoms with Gasteiger partial charge in [0.25, 0.3) is 0 Å². The van der Waals surface area contributed by atoms with E-state index in [1.54, 1.807) is 47.6 Å². The predicted molar refractivity (Wildman–Crippen MR) is 141 cm³/mol. The smallest absolute Gasteiger partial charge is 0.468 e. The summed E-state index contributed by atoms with van der Waals surface area (Å²) in [6, 6.07) is 4.57. The SMILES string of the molecule is CCCCCOC(=O)OCC[C@@](N)(Cc1ccc(OC(=O)C(C)(C)C)c(OC(=O)C(C)(C)C)c1)C(=O)OC. The lowest BCUT2D eigenvalue weighted by Gasteiger charge is -2.27. The van der Waals surface area contributed by atoms with Crippen molar-refractivity contribution in [3.63, 3.8) is 0 Å². The van der Waals surface area contributed by atoms with Gasteiger partial charge in [-0.15, -0.1) is 0 Å². The van der Waals surface area contributed by atoms with E-state index in [-0.39, 0.29) is 37.6 Å². The second kappa shape index (κ2) is 14.1. The monoisotopic (exact) mass is 537 g/mol. The van der Waals surface area contributed by atoms with Crippen LogP contribution in [0.2, 0.25) is 0 Å².